The molecular weight excluding hydrogens is 274 g/mol. The van der Waals surface area contributed by atoms with E-state index in [0.717, 1.165) is 24.5 Å². The highest BCUT2D eigenvalue weighted by molar-refractivity contribution is 5.78. The average Bonchev–Trinajstić information content (AvgIpc) is 3.14. The molecule has 0 radical (unpaired) electrons. The van der Waals surface area contributed by atoms with Gasteiger partial charge in [0.15, 0.2) is 0 Å². The van der Waals surface area contributed by atoms with Crippen LogP contribution in [0.1, 0.15) is 60.3 Å². The van der Waals surface area contributed by atoms with Crippen LogP contribution in [0, 0.1) is 51.8 Å². The summed E-state index contributed by atoms with van der Waals surface area (Å²) < 4.78 is 0. The van der Waals surface area contributed by atoms with Crippen LogP contribution in [0.5, 0.6) is 0 Å². The molecule has 22 heavy (non-hydrogen) atoms. The molecule has 0 aliphatic heterocycles. The number of carbonyl (C=O) groups excluding carboxylic acids is 2. The Morgan fingerprint density at radius 1 is 1.41 bits per heavy atom. The summed E-state index contributed by atoms with van der Waals surface area (Å²) in [4.78, 5) is 21.3. The normalized spacial score (nSPS) is 40.9. The molecule has 0 aromatic carbocycles. The van der Waals surface area contributed by atoms with Crippen molar-refractivity contribution in [3.8, 4) is 6.07 Å². The molecule has 1 spiro atoms. The van der Waals surface area contributed by atoms with E-state index in [4.69, 9.17) is 5.26 Å². The van der Waals surface area contributed by atoms with Crippen LogP contribution in [0.3, 0.4) is 0 Å². The molecule has 3 rings (SSSR count). The molecule has 3 heteroatoms. The van der Waals surface area contributed by atoms with Crippen molar-refractivity contribution in [1.29, 1.82) is 5.26 Å². The minimum Gasteiger partial charge on any atom is -0.303 e. The van der Waals surface area contributed by atoms with Crippen molar-refractivity contribution in [2.45, 2.75) is 60.3 Å². The second-order valence-corrected chi connectivity index (χ2v) is 7.94. The molecule has 0 aromatic rings. The lowest BCUT2D eigenvalue weighted by molar-refractivity contribution is -0.119. The molecule has 0 bridgehead atoms. The SMILES string of the molecule is CC(C#N)C1C2(CC=O)CC3C(C)C312.CCC(=O)CC(C)C. The summed E-state index contributed by atoms with van der Waals surface area (Å²) in [6.45, 7) is 10.3. The number of Topliss-reactive ketones (excluding diaryl/α,β-unsaturated/α-hetero) is 1. The minimum absolute atomic E-state index is 0.143. The van der Waals surface area contributed by atoms with E-state index in [0.29, 0.717) is 35.9 Å². The van der Waals surface area contributed by atoms with E-state index in [1.54, 1.807) is 0 Å². The molecular formula is C19H29NO2. The maximum Gasteiger partial charge on any atom is 0.132 e. The van der Waals surface area contributed by atoms with Crippen LogP contribution in [0.4, 0.5) is 0 Å². The number of nitrogens with zero attached hydrogens (tertiary/aromatic N) is 1. The van der Waals surface area contributed by atoms with E-state index in [2.05, 4.69) is 26.8 Å². The third kappa shape index (κ3) is 2.14. The first-order valence-electron chi connectivity index (χ1n) is 8.68. The summed E-state index contributed by atoms with van der Waals surface area (Å²) in [5.74, 6) is 3.21. The van der Waals surface area contributed by atoms with E-state index in [-0.39, 0.29) is 11.3 Å². The maximum absolute atomic E-state index is 10.7. The quantitative estimate of drug-likeness (QED) is 0.696. The van der Waals surface area contributed by atoms with Gasteiger partial charge < -0.3 is 4.79 Å². The Balaban J connectivity index is 0.000000192. The van der Waals surface area contributed by atoms with Crippen LogP contribution >= 0.6 is 0 Å². The van der Waals surface area contributed by atoms with Gasteiger partial charge in [-0.2, -0.15) is 5.26 Å². The molecule has 3 fully saturated rings. The summed E-state index contributed by atoms with van der Waals surface area (Å²) in [5, 5.41) is 8.97. The van der Waals surface area contributed by atoms with Crippen molar-refractivity contribution in [3.05, 3.63) is 0 Å². The first kappa shape index (κ1) is 17.2. The van der Waals surface area contributed by atoms with Gasteiger partial charge >= 0.3 is 0 Å². The van der Waals surface area contributed by atoms with E-state index < -0.39 is 0 Å². The zero-order valence-electron chi connectivity index (χ0n) is 14.6. The van der Waals surface area contributed by atoms with Crippen molar-refractivity contribution in [1.82, 2.24) is 0 Å². The third-order valence-electron chi connectivity index (χ3n) is 6.52. The van der Waals surface area contributed by atoms with Gasteiger partial charge in [0.25, 0.3) is 0 Å². The van der Waals surface area contributed by atoms with Crippen molar-refractivity contribution in [2.75, 3.05) is 0 Å². The Bertz CT molecular complexity index is 500. The van der Waals surface area contributed by atoms with Gasteiger partial charge in [-0.15, -0.1) is 0 Å². The van der Waals surface area contributed by atoms with Gasteiger partial charge in [0.1, 0.15) is 12.1 Å². The Morgan fingerprint density at radius 3 is 2.36 bits per heavy atom. The number of hydrogen-bond donors (Lipinski definition) is 0. The van der Waals surface area contributed by atoms with Crippen LogP contribution in [0.25, 0.3) is 0 Å². The Kier molecular flexibility index (Phi) is 4.53. The fourth-order valence-electron chi connectivity index (χ4n) is 5.71. The molecule has 3 aliphatic carbocycles. The summed E-state index contributed by atoms with van der Waals surface area (Å²) in [7, 11) is 0. The highest BCUT2D eigenvalue weighted by atomic mass is 16.1. The first-order chi connectivity index (χ1) is 10.3. The van der Waals surface area contributed by atoms with E-state index in [9.17, 15) is 9.59 Å². The maximum atomic E-state index is 10.7. The molecule has 0 amide bonds. The smallest absolute Gasteiger partial charge is 0.132 e. The Labute approximate surface area is 134 Å². The van der Waals surface area contributed by atoms with E-state index in [1.165, 1.54) is 6.42 Å². The predicted molar refractivity (Wildman–Crippen MR) is 85.8 cm³/mol. The van der Waals surface area contributed by atoms with Crippen molar-refractivity contribution in [2.24, 2.45) is 40.4 Å². The number of aldehydes is 1. The zero-order valence-corrected chi connectivity index (χ0v) is 14.6. The van der Waals surface area contributed by atoms with Gasteiger partial charge in [0, 0.05) is 25.2 Å². The lowest BCUT2D eigenvalue weighted by atomic mass is 9.82. The van der Waals surface area contributed by atoms with Gasteiger partial charge in [-0.1, -0.05) is 27.7 Å². The highest BCUT2D eigenvalue weighted by Crippen LogP contribution is 3.01. The number of carbonyl (C=O) groups is 2. The van der Waals surface area contributed by atoms with Gasteiger partial charge in [0.2, 0.25) is 0 Å². The largest absolute Gasteiger partial charge is 0.303 e. The molecule has 6 unspecified atom stereocenters. The van der Waals surface area contributed by atoms with Crippen LogP contribution in [-0.4, -0.2) is 12.1 Å². The molecule has 0 N–H and O–H groups in total. The standard InChI is InChI=1S/C12H15NO.C7H14O/c1-7(6-13)10-11(3-4-14)5-9-8(2)12(9,10)11;1-4-7(8)5-6(2)3/h4,7-10H,3,5H2,1-2H3;6H,4-5H2,1-3H3. The molecule has 0 saturated heterocycles. The van der Waals surface area contributed by atoms with Gasteiger partial charge in [-0.05, 0) is 47.8 Å². The fourth-order valence-corrected chi connectivity index (χ4v) is 5.71. The van der Waals surface area contributed by atoms with Gasteiger partial charge in [-0.25, -0.2) is 0 Å². The van der Waals surface area contributed by atoms with Crippen molar-refractivity contribution >= 4 is 12.1 Å². The molecule has 6 atom stereocenters. The van der Waals surface area contributed by atoms with Crippen LogP contribution in [-0.2, 0) is 9.59 Å². The lowest BCUT2D eigenvalue weighted by Gasteiger charge is -2.21. The summed E-state index contributed by atoms with van der Waals surface area (Å²) in [6, 6.07) is 2.37. The molecule has 3 saturated carbocycles. The summed E-state index contributed by atoms with van der Waals surface area (Å²) >= 11 is 0. The van der Waals surface area contributed by atoms with Crippen molar-refractivity contribution < 1.29 is 9.59 Å². The zero-order chi connectivity index (χ0) is 16.7. The molecule has 0 heterocycles. The predicted octanol–water partition coefficient (Wildman–Crippen LogP) is 4.02. The van der Waals surface area contributed by atoms with Gasteiger partial charge in [0.05, 0.1) is 6.07 Å². The lowest BCUT2D eigenvalue weighted by Crippen LogP contribution is -2.17. The number of ketones is 1. The van der Waals surface area contributed by atoms with Crippen molar-refractivity contribution in [3.63, 3.8) is 0 Å². The molecule has 3 nitrogen and oxygen atoms in total. The molecule has 0 aromatic heterocycles. The fraction of sp³-hybridized carbons (Fsp3) is 0.842. The Hall–Kier alpha value is -1.17. The summed E-state index contributed by atoms with van der Waals surface area (Å²) in [6.07, 6.45) is 4.41. The number of nitriles is 1. The van der Waals surface area contributed by atoms with E-state index in [1.807, 2.05) is 13.8 Å². The second-order valence-electron chi connectivity index (χ2n) is 7.94. The number of rotatable bonds is 6. The average molecular weight is 303 g/mol. The van der Waals surface area contributed by atoms with Crippen LogP contribution in [0.15, 0.2) is 0 Å². The van der Waals surface area contributed by atoms with Crippen LogP contribution in [0.2, 0.25) is 0 Å². The van der Waals surface area contributed by atoms with E-state index >= 15 is 0 Å². The molecule has 3 aliphatic rings. The minimum atomic E-state index is 0.143. The van der Waals surface area contributed by atoms with Gasteiger partial charge in [-0.3, -0.25) is 4.79 Å². The summed E-state index contributed by atoms with van der Waals surface area (Å²) in [5.41, 5.74) is 0.719. The Morgan fingerprint density at radius 2 is 2.05 bits per heavy atom. The monoisotopic (exact) mass is 303 g/mol. The highest BCUT2D eigenvalue weighted by Gasteiger charge is 2.98. The third-order valence-corrected chi connectivity index (χ3v) is 6.52. The second kappa shape index (κ2) is 5.80. The first-order valence-corrected chi connectivity index (χ1v) is 8.68. The molecule has 122 valence electrons. The number of hydrogen-bond acceptors (Lipinski definition) is 3. The topological polar surface area (TPSA) is 57.9 Å². The van der Waals surface area contributed by atoms with Crippen LogP contribution < -0.4 is 0 Å².